The average Bonchev–Trinajstić information content (AvgIpc) is 2.68. The number of benzene rings is 2. The highest BCUT2D eigenvalue weighted by Crippen LogP contribution is 2.36. The van der Waals surface area contributed by atoms with Crippen molar-refractivity contribution in [1.29, 1.82) is 0 Å². The van der Waals surface area contributed by atoms with Crippen LogP contribution in [0.5, 0.6) is 0 Å². The second-order valence-electron chi connectivity index (χ2n) is 5.70. The molecule has 6 nitrogen and oxygen atoms in total. The maximum Gasteiger partial charge on any atom is 0.417 e. The van der Waals surface area contributed by atoms with E-state index in [4.69, 9.17) is 11.6 Å². The Kier molecular flexibility index (Phi) is 6.23. The smallest absolute Gasteiger partial charge is 0.325 e. The lowest BCUT2D eigenvalue weighted by molar-refractivity contribution is -0.137. The molecule has 0 fully saturated rings. The number of amides is 1. The van der Waals surface area contributed by atoms with Crippen LogP contribution in [0.1, 0.15) is 5.56 Å². The van der Waals surface area contributed by atoms with Gasteiger partial charge in [-0.1, -0.05) is 53.7 Å². The Morgan fingerprint density at radius 1 is 1.14 bits per heavy atom. The van der Waals surface area contributed by atoms with Crippen LogP contribution in [0.2, 0.25) is 5.02 Å². The van der Waals surface area contributed by atoms with Gasteiger partial charge in [0.2, 0.25) is 5.91 Å². The quantitative estimate of drug-likeness (QED) is 0.579. The Balaban J connectivity index is 1.64. The molecule has 0 radical (unpaired) electrons. The van der Waals surface area contributed by atoms with Gasteiger partial charge in [-0.05, 0) is 18.2 Å². The third kappa shape index (κ3) is 5.36. The monoisotopic (exact) mass is 440 g/mol. The van der Waals surface area contributed by atoms with Crippen molar-refractivity contribution in [3.63, 3.8) is 0 Å². The van der Waals surface area contributed by atoms with Gasteiger partial charge in [-0.25, -0.2) is 0 Å². The summed E-state index contributed by atoms with van der Waals surface area (Å²) >= 11 is 6.43. The summed E-state index contributed by atoms with van der Waals surface area (Å²) in [5, 5.41) is 9.73. The van der Waals surface area contributed by atoms with E-state index in [-0.39, 0.29) is 22.3 Å². The van der Waals surface area contributed by atoms with E-state index in [0.717, 1.165) is 23.9 Å². The summed E-state index contributed by atoms with van der Waals surface area (Å²) in [4.78, 5) is 26.7. The summed E-state index contributed by atoms with van der Waals surface area (Å²) in [7, 11) is 0. The number of thioether (sulfide) groups is 1. The van der Waals surface area contributed by atoms with E-state index < -0.39 is 28.2 Å². The number of carbonyl (C=O) groups is 1. The number of aromatic nitrogens is 3. The van der Waals surface area contributed by atoms with Gasteiger partial charge in [0.05, 0.1) is 16.3 Å². The zero-order valence-corrected chi connectivity index (χ0v) is 16.0. The molecule has 3 aromatic rings. The van der Waals surface area contributed by atoms with Gasteiger partial charge in [0.15, 0.2) is 10.9 Å². The van der Waals surface area contributed by atoms with Crippen molar-refractivity contribution in [3.05, 3.63) is 69.5 Å². The average molecular weight is 441 g/mol. The number of hydrogen-bond donors (Lipinski definition) is 2. The highest BCUT2D eigenvalue weighted by atomic mass is 35.5. The Morgan fingerprint density at radius 2 is 1.86 bits per heavy atom. The molecular weight excluding hydrogens is 429 g/mol. The van der Waals surface area contributed by atoms with Crippen molar-refractivity contribution in [1.82, 2.24) is 15.2 Å². The van der Waals surface area contributed by atoms with Crippen LogP contribution in [-0.2, 0) is 11.0 Å². The fourth-order valence-corrected chi connectivity index (χ4v) is 3.15. The van der Waals surface area contributed by atoms with Gasteiger partial charge in [0, 0.05) is 11.3 Å². The van der Waals surface area contributed by atoms with E-state index in [1.165, 1.54) is 6.07 Å². The van der Waals surface area contributed by atoms with Gasteiger partial charge in [0.1, 0.15) is 0 Å². The van der Waals surface area contributed by atoms with Gasteiger partial charge in [-0.15, -0.1) is 10.2 Å². The van der Waals surface area contributed by atoms with Crippen molar-refractivity contribution in [2.75, 3.05) is 11.1 Å². The second kappa shape index (κ2) is 8.66. The third-order valence-electron chi connectivity index (χ3n) is 3.62. The molecule has 0 spiro atoms. The van der Waals surface area contributed by atoms with Crippen LogP contribution in [0, 0.1) is 0 Å². The van der Waals surface area contributed by atoms with Gasteiger partial charge in [0.25, 0.3) is 5.56 Å². The number of nitrogens with zero attached hydrogens (tertiary/aromatic N) is 2. The molecule has 11 heteroatoms. The van der Waals surface area contributed by atoms with Gasteiger partial charge in [-0.3, -0.25) is 14.6 Å². The van der Waals surface area contributed by atoms with Gasteiger partial charge >= 0.3 is 6.18 Å². The summed E-state index contributed by atoms with van der Waals surface area (Å²) in [6, 6.07) is 11.8. The summed E-state index contributed by atoms with van der Waals surface area (Å²) in [6.07, 6.45) is -4.64. The molecule has 3 rings (SSSR count). The number of alkyl halides is 3. The van der Waals surface area contributed by atoms with Crippen molar-refractivity contribution < 1.29 is 18.0 Å². The van der Waals surface area contributed by atoms with Crippen molar-refractivity contribution in [2.45, 2.75) is 11.3 Å². The van der Waals surface area contributed by atoms with E-state index in [1.54, 1.807) is 30.3 Å². The van der Waals surface area contributed by atoms with E-state index >= 15 is 0 Å². The van der Waals surface area contributed by atoms with Crippen LogP contribution in [0.4, 0.5) is 18.9 Å². The molecule has 0 saturated heterocycles. The fraction of sp³-hybridized carbons (Fsp3) is 0.111. The molecule has 0 aliphatic carbocycles. The van der Waals surface area contributed by atoms with Crippen LogP contribution in [-0.4, -0.2) is 26.8 Å². The first-order valence-electron chi connectivity index (χ1n) is 8.06. The number of halogens is 4. The largest absolute Gasteiger partial charge is 0.417 e. The minimum Gasteiger partial charge on any atom is -0.325 e. The third-order valence-corrected chi connectivity index (χ3v) is 4.81. The summed E-state index contributed by atoms with van der Waals surface area (Å²) in [6.45, 7) is 0. The molecule has 1 amide bonds. The van der Waals surface area contributed by atoms with E-state index in [1.807, 2.05) is 0 Å². The lowest BCUT2D eigenvalue weighted by atomic mass is 10.2. The first kappa shape index (κ1) is 20.9. The molecule has 29 heavy (non-hydrogen) atoms. The molecule has 0 bridgehead atoms. The van der Waals surface area contributed by atoms with Crippen LogP contribution >= 0.6 is 23.4 Å². The minimum absolute atomic E-state index is 0.0497. The van der Waals surface area contributed by atoms with Crippen molar-refractivity contribution >= 4 is 35.0 Å². The maximum absolute atomic E-state index is 12.9. The van der Waals surface area contributed by atoms with E-state index in [2.05, 4.69) is 20.5 Å². The predicted molar refractivity (Wildman–Crippen MR) is 104 cm³/mol. The number of nitrogens with one attached hydrogen (secondary N) is 2. The number of hydrogen-bond acceptors (Lipinski definition) is 5. The van der Waals surface area contributed by atoms with E-state index in [9.17, 15) is 22.8 Å². The Bertz CT molecular complexity index is 1090. The van der Waals surface area contributed by atoms with Gasteiger partial charge < -0.3 is 5.32 Å². The summed E-state index contributed by atoms with van der Waals surface area (Å²) in [5.74, 6) is -0.778. The number of rotatable bonds is 5. The summed E-state index contributed by atoms with van der Waals surface area (Å²) < 4.78 is 38.6. The van der Waals surface area contributed by atoms with E-state index in [0.29, 0.717) is 5.56 Å². The minimum atomic E-state index is -4.64. The fourth-order valence-electron chi connectivity index (χ4n) is 2.32. The lowest BCUT2D eigenvalue weighted by Crippen LogP contribution is -2.17. The highest BCUT2D eigenvalue weighted by Gasteiger charge is 2.33. The van der Waals surface area contributed by atoms with Gasteiger partial charge in [-0.2, -0.15) is 13.2 Å². The first-order chi connectivity index (χ1) is 13.7. The molecule has 2 N–H and O–H groups in total. The second-order valence-corrected chi connectivity index (χ2v) is 7.07. The summed E-state index contributed by atoms with van der Waals surface area (Å²) in [5.41, 5.74) is -0.830. The topological polar surface area (TPSA) is 87.7 Å². The maximum atomic E-state index is 12.9. The molecule has 0 unspecified atom stereocenters. The zero-order chi connectivity index (χ0) is 21.0. The number of H-pyrrole nitrogens is 1. The Morgan fingerprint density at radius 3 is 2.52 bits per heavy atom. The molecule has 0 aliphatic rings. The molecule has 2 aromatic carbocycles. The van der Waals surface area contributed by atoms with Crippen LogP contribution in [0.15, 0.2) is 58.5 Å². The van der Waals surface area contributed by atoms with Crippen molar-refractivity contribution in [2.24, 2.45) is 0 Å². The van der Waals surface area contributed by atoms with Crippen molar-refractivity contribution in [3.8, 4) is 11.3 Å². The normalized spacial score (nSPS) is 11.3. The Hall–Kier alpha value is -2.85. The molecule has 1 heterocycles. The molecule has 0 aliphatic heterocycles. The van der Waals surface area contributed by atoms with Crippen LogP contribution in [0.3, 0.4) is 0 Å². The standard InChI is InChI=1S/C18H12ClF3N4O2S/c19-13-7-6-11(8-12(13)18(20,21)22)23-14(27)9-29-17-24-16(28)15(25-26-17)10-4-2-1-3-5-10/h1-8H,9H2,(H,23,27)(H,24,26,28). The number of anilines is 1. The molecule has 1 aromatic heterocycles. The molecule has 0 atom stereocenters. The van der Waals surface area contributed by atoms with Crippen LogP contribution < -0.4 is 10.9 Å². The Labute approximate surface area is 171 Å². The lowest BCUT2D eigenvalue weighted by Gasteiger charge is -2.11. The highest BCUT2D eigenvalue weighted by molar-refractivity contribution is 7.99. The van der Waals surface area contributed by atoms with Crippen LogP contribution in [0.25, 0.3) is 11.3 Å². The zero-order valence-electron chi connectivity index (χ0n) is 14.5. The molecule has 0 saturated carbocycles. The molecule has 150 valence electrons. The SMILES string of the molecule is O=C(CSc1nnc(-c2ccccc2)c(=O)[nH]1)Nc1ccc(Cl)c(C(F)(F)F)c1. The first-order valence-corrected chi connectivity index (χ1v) is 9.42. The predicted octanol–water partition coefficient (Wildman–Crippen LogP) is 4.23. The number of aromatic amines is 1. The number of carbonyl (C=O) groups excluding carboxylic acids is 1. The molecular formula is C18H12ClF3N4O2S.